The molecule has 0 N–H and O–H groups in total. The molecule has 2 aromatic heterocycles. The summed E-state index contributed by atoms with van der Waals surface area (Å²) in [7, 11) is -0.497. The Balaban J connectivity index is 1.35. The molecule has 2 aliphatic carbocycles. The minimum absolute atomic E-state index is 0.0716. The molecule has 220 valence electrons. The molecule has 0 amide bonds. The fourth-order valence-corrected chi connectivity index (χ4v) is 7.84. The number of aromatic nitrogens is 3. The topological polar surface area (TPSA) is 104 Å². The maximum absolute atomic E-state index is 14.7. The first-order chi connectivity index (χ1) is 20.2. The highest BCUT2D eigenvalue weighted by atomic mass is 32.2. The van der Waals surface area contributed by atoms with Gasteiger partial charge in [0.2, 0.25) is 0 Å². The highest BCUT2D eigenvalue weighted by molar-refractivity contribution is 7.93. The first kappa shape index (κ1) is 28.5. The molecule has 42 heavy (non-hydrogen) atoms. The Morgan fingerprint density at radius 2 is 1.90 bits per heavy atom. The second-order valence-electron chi connectivity index (χ2n) is 11.8. The predicted octanol–water partition coefficient (Wildman–Crippen LogP) is 5.48. The van der Waals surface area contributed by atoms with E-state index in [0.29, 0.717) is 61.8 Å². The number of carbonyl (C=O) groups excluding carboxylic acids is 1. The van der Waals surface area contributed by atoms with Crippen LogP contribution in [0.4, 0.5) is 14.5 Å². The van der Waals surface area contributed by atoms with Crippen molar-refractivity contribution in [3.05, 3.63) is 60.3 Å². The number of rotatable bonds is 7. The molecule has 0 unspecified atom stereocenters. The second kappa shape index (κ2) is 11.2. The molecule has 3 atom stereocenters. The van der Waals surface area contributed by atoms with Gasteiger partial charge in [-0.2, -0.15) is 10.4 Å². The van der Waals surface area contributed by atoms with Crippen molar-refractivity contribution >= 4 is 21.2 Å². The van der Waals surface area contributed by atoms with E-state index in [-0.39, 0.29) is 24.5 Å². The summed E-state index contributed by atoms with van der Waals surface area (Å²) in [5.41, 5.74) is 2.79. The van der Waals surface area contributed by atoms with E-state index in [4.69, 9.17) is 5.10 Å². The molecular weight excluding hydrogens is 558 g/mol. The standard InChI is InChI=1S/C31H34F2N6O2S/c1-35-42(41)14-12-38(13-15-42)24-6-2-21(3-7-24)27-19-39(29-9-5-23(33)18-36-29)37-30(27)25-8-4-22(32)16-26(25)28(40)17-31(20-34)10-11-31/h2-3,5-7,9,18-19,22,25-26H,4,8,10-17H2,1H3/t22-,25+,26+/m0/s1. The zero-order valence-corrected chi connectivity index (χ0v) is 24.4. The SMILES string of the molecule is CN=S1(=O)CCN(c2ccc(-c3cn(-c4ccc(F)cn4)nc3[C@@H]3CC[C@H](F)C[C@H]3C(=O)CC3(C#N)CC3)cc2)CC1. The molecule has 0 bridgehead atoms. The Morgan fingerprint density at radius 3 is 2.52 bits per heavy atom. The minimum atomic E-state index is -2.12. The van der Waals surface area contributed by atoms with Crippen LogP contribution in [0, 0.1) is 28.5 Å². The molecule has 11 heteroatoms. The smallest absolute Gasteiger partial charge is 0.153 e. The summed E-state index contributed by atoms with van der Waals surface area (Å²) < 4.78 is 46.7. The molecule has 1 saturated heterocycles. The van der Waals surface area contributed by atoms with E-state index in [1.54, 1.807) is 17.8 Å². The van der Waals surface area contributed by atoms with Crippen LogP contribution in [0.15, 0.2) is 53.2 Å². The second-order valence-corrected chi connectivity index (χ2v) is 14.5. The van der Waals surface area contributed by atoms with Gasteiger partial charge in [0.1, 0.15) is 17.8 Å². The van der Waals surface area contributed by atoms with Crippen molar-refractivity contribution in [3.8, 4) is 23.0 Å². The van der Waals surface area contributed by atoms with Gasteiger partial charge in [-0.3, -0.25) is 4.79 Å². The Bertz CT molecular complexity index is 1620. The van der Waals surface area contributed by atoms with Gasteiger partial charge >= 0.3 is 0 Å². The third-order valence-corrected chi connectivity index (χ3v) is 11.4. The lowest BCUT2D eigenvalue weighted by Gasteiger charge is -2.32. The number of carbonyl (C=O) groups is 1. The summed E-state index contributed by atoms with van der Waals surface area (Å²) in [5.74, 6) is 0.0817. The maximum atomic E-state index is 14.7. The molecular formula is C31H34F2N6O2S. The van der Waals surface area contributed by atoms with Crippen LogP contribution in [-0.4, -0.2) is 62.6 Å². The molecule has 1 aromatic carbocycles. The van der Waals surface area contributed by atoms with Gasteiger partial charge < -0.3 is 4.90 Å². The number of benzene rings is 1. The van der Waals surface area contributed by atoms with Crippen LogP contribution in [-0.2, 0) is 14.5 Å². The minimum Gasteiger partial charge on any atom is -0.370 e. The van der Waals surface area contributed by atoms with Crippen LogP contribution < -0.4 is 4.90 Å². The van der Waals surface area contributed by atoms with Crippen molar-refractivity contribution in [1.29, 1.82) is 5.26 Å². The molecule has 3 aromatic rings. The van der Waals surface area contributed by atoms with Gasteiger partial charge in [-0.25, -0.2) is 27.0 Å². The van der Waals surface area contributed by atoms with Gasteiger partial charge in [-0.05, 0) is 61.9 Å². The Labute approximate surface area is 244 Å². The summed E-state index contributed by atoms with van der Waals surface area (Å²) in [5, 5.41) is 14.5. The molecule has 3 fully saturated rings. The number of hydrogen-bond acceptors (Lipinski definition) is 7. The molecule has 3 heterocycles. The van der Waals surface area contributed by atoms with E-state index in [9.17, 15) is 23.0 Å². The van der Waals surface area contributed by atoms with Gasteiger partial charge in [0.15, 0.2) is 5.82 Å². The van der Waals surface area contributed by atoms with Crippen LogP contribution in [0.5, 0.6) is 0 Å². The maximum Gasteiger partial charge on any atom is 0.153 e. The van der Waals surface area contributed by atoms with E-state index >= 15 is 0 Å². The van der Waals surface area contributed by atoms with Crippen LogP contribution in [0.2, 0.25) is 0 Å². The number of nitrogens with zero attached hydrogens (tertiary/aromatic N) is 6. The normalized spacial score (nSPS) is 24.5. The number of pyridine rings is 1. The van der Waals surface area contributed by atoms with E-state index in [1.807, 2.05) is 30.5 Å². The lowest BCUT2D eigenvalue weighted by atomic mass is 9.72. The lowest BCUT2D eigenvalue weighted by Crippen LogP contribution is -2.40. The number of halogens is 2. The lowest BCUT2D eigenvalue weighted by molar-refractivity contribution is -0.126. The quantitative estimate of drug-likeness (QED) is 0.360. The van der Waals surface area contributed by atoms with E-state index < -0.39 is 33.1 Å². The van der Waals surface area contributed by atoms with Crippen molar-refractivity contribution in [3.63, 3.8) is 0 Å². The summed E-state index contributed by atoms with van der Waals surface area (Å²) in [6.45, 7) is 1.32. The average Bonchev–Trinajstić information content (AvgIpc) is 3.65. The van der Waals surface area contributed by atoms with Gasteiger partial charge in [0, 0.05) is 77.1 Å². The molecule has 6 rings (SSSR count). The number of anilines is 1. The number of nitriles is 1. The predicted molar refractivity (Wildman–Crippen MR) is 157 cm³/mol. The van der Waals surface area contributed by atoms with Crippen molar-refractivity contribution in [1.82, 2.24) is 14.8 Å². The Morgan fingerprint density at radius 1 is 1.17 bits per heavy atom. The summed E-state index contributed by atoms with van der Waals surface area (Å²) in [6, 6.07) is 13.2. The highest BCUT2D eigenvalue weighted by Gasteiger charge is 2.48. The number of Topliss-reactive ketones (excluding diaryl/α,β-unsaturated/α-hetero) is 1. The highest BCUT2D eigenvalue weighted by Crippen LogP contribution is 2.51. The number of hydrogen-bond donors (Lipinski definition) is 0. The van der Waals surface area contributed by atoms with Crippen molar-refractivity contribution in [2.24, 2.45) is 15.7 Å². The third-order valence-electron chi connectivity index (χ3n) is 9.08. The van der Waals surface area contributed by atoms with Crippen LogP contribution in [0.25, 0.3) is 16.9 Å². The Hall–Kier alpha value is -3.65. The van der Waals surface area contributed by atoms with Gasteiger partial charge in [-0.1, -0.05) is 12.1 Å². The molecule has 2 saturated carbocycles. The number of ketones is 1. The van der Waals surface area contributed by atoms with Crippen molar-refractivity contribution in [2.75, 3.05) is 36.5 Å². The first-order valence-electron chi connectivity index (χ1n) is 14.5. The summed E-state index contributed by atoms with van der Waals surface area (Å²) >= 11 is 0. The zero-order chi connectivity index (χ0) is 29.5. The molecule has 8 nitrogen and oxygen atoms in total. The van der Waals surface area contributed by atoms with Gasteiger partial charge in [0.05, 0.1) is 23.4 Å². The first-order valence-corrected chi connectivity index (χ1v) is 16.3. The summed E-state index contributed by atoms with van der Waals surface area (Å²) in [4.78, 5) is 19.9. The van der Waals surface area contributed by atoms with E-state index in [2.05, 4.69) is 20.3 Å². The van der Waals surface area contributed by atoms with Crippen LogP contribution >= 0.6 is 0 Å². The van der Waals surface area contributed by atoms with E-state index in [1.165, 1.54) is 6.07 Å². The number of alkyl halides is 1. The molecule has 1 aliphatic heterocycles. The summed E-state index contributed by atoms with van der Waals surface area (Å²) in [6.07, 6.45) is 4.37. The fourth-order valence-electron chi connectivity index (χ4n) is 6.26. The molecule has 3 aliphatic rings. The largest absolute Gasteiger partial charge is 0.370 e. The Kier molecular flexibility index (Phi) is 7.60. The van der Waals surface area contributed by atoms with Gasteiger partial charge in [0.25, 0.3) is 0 Å². The van der Waals surface area contributed by atoms with Crippen LogP contribution in [0.3, 0.4) is 0 Å². The molecule has 0 spiro atoms. The third kappa shape index (κ3) is 5.69. The van der Waals surface area contributed by atoms with E-state index in [0.717, 1.165) is 23.0 Å². The zero-order valence-electron chi connectivity index (χ0n) is 23.6. The fraction of sp³-hybridized carbons (Fsp3) is 0.484. The molecule has 0 radical (unpaired) electrons. The van der Waals surface area contributed by atoms with Crippen molar-refractivity contribution < 1.29 is 17.8 Å². The van der Waals surface area contributed by atoms with Crippen molar-refractivity contribution in [2.45, 2.75) is 50.6 Å². The van der Waals surface area contributed by atoms with Gasteiger partial charge in [-0.15, -0.1) is 0 Å². The monoisotopic (exact) mass is 592 g/mol. The average molecular weight is 593 g/mol. The van der Waals surface area contributed by atoms with Crippen LogP contribution in [0.1, 0.15) is 50.1 Å².